The number of esters is 3. The smallest absolute Gasteiger partial charge is 0.343 e. The largest absolute Gasteiger partial charge is 0.486 e. The molecule has 234 valence electrons. The molecular weight excluding hydrogens is 564 g/mol. The molecule has 9 heteroatoms. The van der Waals surface area contributed by atoms with Crippen LogP contribution < -0.4 is 14.2 Å². The van der Waals surface area contributed by atoms with Gasteiger partial charge in [0, 0.05) is 12.2 Å². The highest BCUT2D eigenvalue weighted by atomic mass is 16.6. The summed E-state index contributed by atoms with van der Waals surface area (Å²) in [7, 11) is 0. The Morgan fingerprint density at radius 2 is 1.59 bits per heavy atom. The number of aliphatic hydroxyl groups excluding tert-OH is 1. The second kappa shape index (κ2) is 13.7. The van der Waals surface area contributed by atoms with E-state index in [0.29, 0.717) is 29.3 Å². The van der Waals surface area contributed by atoms with Gasteiger partial charge in [-0.1, -0.05) is 26.1 Å². The molecule has 0 bridgehead atoms. The number of benzene rings is 2. The molecule has 2 aromatic rings. The number of carbonyl (C=O) groups is 3. The van der Waals surface area contributed by atoms with Crippen LogP contribution in [0.4, 0.5) is 0 Å². The number of aryl methyl sites for hydroxylation is 1. The zero-order valence-corrected chi connectivity index (χ0v) is 25.1. The molecule has 3 aliphatic carbocycles. The number of hydrogen-bond acceptors (Lipinski definition) is 9. The van der Waals surface area contributed by atoms with Crippen LogP contribution in [-0.4, -0.2) is 55.5 Å². The van der Waals surface area contributed by atoms with Crippen molar-refractivity contribution in [2.24, 2.45) is 17.3 Å². The first-order valence-corrected chi connectivity index (χ1v) is 15.2. The van der Waals surface area contributed by atoms with Crippen LogP contribution in [0.3, 0.4) is 0 Å². The van der Waals surface area contributed by atoms with E-state index in [1.54, 1.807) is 12.1 Å². The minimum absolute atomic E-state index is 0.00580. The van der Waals surface area contributed by atoms with Gasteiger partial charge in [-0.2, -0.15) is 0 Å². The topological polar surface area (TPSA) is 118 Å². The molecule has 0 radical (unpaired) electrons. The third kappa shape index (κ3) is 6.68. The molecule has 5 rings (SSSR count). The lowest BCUT2D eigenvalue weighted by Gasteiger charge is -2.50. The second-order valence-corrected chi connectivity index (χ2v) is 11.9. The minimum Gasteiger partial charge on any atom is -0.486 e. The molecule has 2 saturated carbocycles. The van der Waals surface area contributed by atoms with Crippen molar-refractivity contribution >= 4 is 17.9 Å². The first-order valence-electron chi connectivity index (χ1n) is 15.2. The highest BCUT2D eigenvalue weighted by molar-refractivity contribution is 5.92. The van der Waals surface area contributed by atoms with Gasteiger partial charge in [-0.25, -0.2) is 14.4 Å². The van der Waals surface area contributed by atoms with Gasteiger partial charge in [0.2, 0.25) is 0 Å². The van der Waals surface area contributed by atoms with E-state index in [2.05, 4.69) is 26.1 Å². The summed E-state index contributed by atoms with van der Waals surface area (Å²) in [6.45, 7) is 8.99. The Morgan fingerprint density at radius 3 is 2.30 bits per heavy atom. The van der Waals surface area contributed by atoms with Crippen LogP contribution in [0.25, 0.3) is 0 Å². The van der Waals surface area contributed by atoms with Gasteiger partial charge < -0.3 is 28.8 Å². The van der Waals surface area contributed by atoms with E-state index in [-0.39, 0.29) is 49.3 Å². The van der Waals surface area contributed by atoms with Gasteiger partial charge in [0.05, 0.1) is 11.7 Å². The molecule has 0 unspecified atom stereocenters. The molecule has 5 atom stereocenters. The fourth-order valence-corrected chi connectivity index (χ4v) is 7.33. The van der Waals surface area contributed by atoms with E-state index >= 15 is 0 Å². The number of rotatable bonds is 12. The van der Waals surface area contributed by atoms with Gasteiger partial charge in [-0.3, -0.25) is 0 Å². The Balaban J connectivity index is 1.26. The Morgan fingerprint density at radius 1 is 0.886 bits per heavy atom. The fourth-order valence-electron chi connectivity index (χ4n) is 7.33. The van der Waals surface area contributed by atoms with Gasteiger partial charge in [0.15, 0.2) is 11.5 Å². The van der Waals surface area contributed by atoms with Crippen molar-refractivity contribution in [1.82, 2.24) is 0 Å². The maximum absolute atomic E-state index is 13.2. The van der Waals surface area contributed by atoms with Crippen LogP contribution in [0.2, 0.25) is 0 Å². The van der Waals surface area contributed by atoms with Crippen molar-refractivity contribution in [2.75, 3.05) is 26.4 Å². The molecule has 0 aliphatic heterocycles. The van der Waals surface area contributed by atoms with E-state index in [9.17, 15) is 19.5 Å². The summed E-state index contributed by atoms with van der Waals surface area (Å²) in [5.74, 6) is 0.950. The highest BCUT2D eigenvalue weighted by Crippen LogP contribution is 2.60. The maximum Gasteiger partial charge on any atom is 0.343 e. The molecular formula is C35H40O9. The van der Waals surface area contributed by atoms with Crippen molar-refractivity contribution in [3.63, 3.8) is 0 Å². The molecule has 3 aliphatic rings. The number of ether oxygens (including phenoxy) is 5. The van der Waals surface area contributed by atoms with Crippen LogP contribution in [-0.2, 0) is 25.5 Å². The van der Waals surface area contributed by atoms with E-state index in [1.165, 1.54) is 17.2 Å². The summed E-state index contributed by atoms with van der Waals surface area (Å²) < 4.78 is 27.2. The number of carbonyl (C=O) groups excluding carboxylic acids is 3. The molecule has 0 aromatic heterocycles. The summed E-state index contributed by atoms with van der Waals surface area (Å²) in [6.07, 6.45) is 8.04. The van der Waals surface area contributed by atoms with Gasteiger partial charge in [0.1, 0.15) is 32.2 Å². The normalized spacial score (nSPS) is 25.0. The van der Waals surface area contributed by atoms with E-state index in [1.807, 2.05) is 12.1 Å². The van der Waals surface area contributed by atoms with E-state index in [4.69, 9.17) is 23.7 Å². The van der Waals surface area contributed by atoms with Crippen LogP contribution in [0.1, 0.15) is 66.4 Å². The third-order valence-corrected chi connectivity index (χ3v) is 9.54. The van der Waals surface area contributed by atoms with Crippen molar-refractivity contribution in [3.05, 3.63) is 78.4 Å². The standard InChI is InChI=1S/C35H40O9/c1-4-32(37)42-18-16-40-29-12-7-23(21-30(29)41-17-19-43-33(38)5-2)34(39)44-24-8-10-25-22(20-24)6-9-27-26(25)14-15-35(3)28(27)11-13-31(35)36/h4-5,7-8,10,12,20-21,26-28,31,36H,1-2,6,9,11,13-19H2,3H3/t26-,27-,28+,31+,35+/m1/s1. The first kappa shape index (κ1) is 31.3. The molecule has 0 saturated heterocycles. The molecule has 1 N–H and O–H groups in total. The molecule has 0 spiro atoms. The molecule has 44 heavy (non-hydrogen) atoms. The molecule has 9 nitrogen and oxygen atoms in total. The maximum atomic E-state index is 13.2. The summed E-state index contributed by atoms with van der Waals surface area (Å²) in [5, 5.41) is 10.7. The molecule has 0 heterocycles. The Kier molecular flexibility index (Phi) is 9.74. The number of fused-ring (bicyclic) bond motifs is 5. The van der Waals surface area contributed by atoms with Crippen molar-refractivity contribution in [2.45, 2.75) is 57.5 Å². The van der Waals surface area contributed by atoms with Crippen LogP contribution in [0, 0.1) is 17.3 Å². The average Bonchev–Trinajstić information content (AvgIpc) is 3.34. The van der Waals surface area contributed by atoms with Gasteiger partial charge >= 0.3 is 17.9 Å². The number of hydrogen-bond donors (Lipinski definition) is 1. The first-order chi connectivity index (χ1) is 21.2. The quantitative estimate of drug-likeness (QED) is 0.148. The summed E-state index contributed by atoms with van der Waals surface area (Å²) >= 11 is 0. The third-order valence-electron chi connectivity index (χ3n) is 9.54. The van der Waals surface area contributed by atoms with E-state index < -0.39 is 17.9 Å². The van der Waals surface area contributed by atoms with Crippen molar-refractivity contribution in [1.29, 1.82) is 0 Å². The fraction of sp³-hybridized carbons (Fsp3) is 0.457. The van der Waals surface area contributed by atoms with Crippen molar-refractivity contribution in [3.8, 4) is 17.2 Å². The Hall–Kier alpha value is -4.11. The molecule has 0 amide bonds. The molecule has 2 aromatic carbocycles. The van der Waals surface area contributed by atoms with Crippen LogP contribution in [0.15, 0.2) is 61.7 Å². The second-order valence-electron chi connectivity index (χ2n) is 11.9. The predicted octanol–water partition coefficient (Wildman–Crippen LogP) is 5.34. The SMILES string of the molecule is C=CC(=O)OCCOc1ccc(C(=O)Oc2ccc3c(c2)CC[C@@H]2[C@@H]3CC[C@]3(C)[C@@H](O)CC[C@@H]23)cc1OCCOC(=O)C=C. The summed E-state index contributed by atoms with van der Waals surface area (Å²) in [6, 6.07) is 10.6. The lowest BCUT2D eigenvalue weighted by Crippen LogP contribution is -2.43. The average molecular weight is 605 g/mol. The van der Waals surface area contributed by atoms with E-state index in [0.717, 1.165) is 50.7 Å². The lowest BCUT2D eigenvalue weighted by molar-refractivity contribution is -0.139. The van der Waals surface area contributed by atoms with Crippen molar-refractivity contribution < 1.29 is 43.2 Å². The predicted molar refractivity (Wildman–Crippen MR) is 162 cm³/mol. The van der Waals surface area contributed by atoms with Gasteiger partial charge in [-0.15, -0.1) is 0 Å². The van der Waals surface area contributed by atoms with Crippen LogP contribution >= 0.6 is 0 Å². The Bertz CT molecular complexity index is 1410. The monoisotopic (exact) mass is 604 g/mol. The lowest BCUT2D eigenvalue weighted by atomic mass is 9.55. The van der Waals surface area contributed by atoms with Gasteiger partial charge in [-0.05, 0) is 103 Å². The van der Waals surface area contributed by atoms with Crippen LogP contribution in [0.5, 0.6) is 17.2 Å². The summed E-state index contributed by atoms with van der Waals surface area (Å²) in [5.41, 5.74) is 2.85. The Labute approximate surface area is 257 Å². The minimum atomic E-state index is -0.577. The highest BCUT2D eigenvalue weighted by Gasteiger charge is 2.54. The zero-order valence-electron chi connectivity index (χ0n) is 25.1. The van der Waals surface area contributed by atoms with Gasteiger partial charge in [0.25, 0.3) is 0 Å². The number of aliphatic hydroxyl groups is 1. The zero-order chi connectivity index (χ0) is 31.3. The summed E-state index contributed by atoms with van der Waals surface area (Å²) in [4.78, 5) is 35.8. The molecule has 2 fully saturated rings.